The largest absolute Gasteiger partial charge is 0.496 e. The molecule has 2 aliphatic heterocycles. The van der Waals surface area contributed by atoms with Gasteiger partial charge in [0.1, 0.15) is 5.75 Å². The van der Waals surface area contributed by atoms with Crippen LogP contribution in [0.1, 0.15) is 29.2 Å². The lowest BCUT2D eigenvalue weighted by atomic mass is 9.96. The van der Waals surface area contributed by atoms with E-state index in [0.717, 1.165) is 43.6 Å². The van der Waals surface area contributed by atoms with Crippen LogP contribution in [-0.4, -0.2) is 66.9 Å². The first-order valence-electron chi connectivity index (χ1n) is 11.2. The molecule has 2 heterocycles. The van der Waals surface area contributed by atoms with Crippen LogP contribution in [0, 0.1) is 6.92 Å². The van der Waals surface area contributed by atoms with Crippen LogP contribution >= 0.6 is 0 Å². The average Bonchev–Trinajstić information content (AvgIpc) is 2.80. The van der Waals surface area contributed by atoms with Gasteiger partial charge in [-0.05, 0) is 60.7 Å². The molecule has 8 heteroatoms. The van der Waals surface area contributed by atoms with Crippen LogP contribution in [-0.2, 0) is 21.2 Å². The summed E-state index contributed by atoms with van der Waals surface area (Å²) in [6.07, 6.45) is 2.19. The third-order valence-electron chi connectivity index (χ3n) is 6.47. The van der Waals surface area contributed by atoms with E-state index in [2.05, 4.69) is 39.8 Å². The van der Waals surface area contributed by atoms with Crippen molar-refractivity contribution in [1.29, 1.82) is 0 Å². The summed E-state index contributed by atoms with van der Waals surface area (Å²) >= 11 is 0. The summed E-state index contributed by atoms with van der Waals surface area (Å²) < 4.78 is 39.8. The van der Waals surface area contributed by atoms with E-state index >= 15 is 0 Å². The monoisotopic (exact) mass is 459 g/mol. The van der Waals surface area contributed by atoms with Gasteiger partial charge in [-0.1, -0.05) is 12.1 Å². The minimum atomic E-state index is -3.65. The van der Waals surface area contributed by atoms with Crippen LogP contribution < -0.4 is 14.4 Å². The Morgan fingerprint density at radius 3 is 2.62 bits per heavy atom. The normalized spacial score (nSPS) is 18.3. The van der Waals surface area contributed by atoms with Gasteiger partial charge in [0.15, 0.2) is 0 Å². The smallest absolute Gasteiger partial charge is 0.240 e. The van der Waals surface area contributed by atoms with Gasteiger partial charge in [-0.15, -0.1) is 0 Å². The molecule has 1 fully saturated rings. The molecule has 0 saturated carbocycles. The van der Waals surface area contributed by atoms with Gasteiger partial charge in [0.25, 0.3) is 0 Å². The molecule has 174 valence electrons. The Kier molecular flexibility index (Phi) is 7.05. The van der Waals surface area contributed by atoms with Gasteiger partial charge in [-0.3, -0.25) is 4.90 Å². The highest BCUT2D eigenvalue weighted by Gasteiger charge is 2.26. The number of fused-ring (bicyclic) bond motifs is 1. The number of aryl methyl sites for hydroxylation is 2. The molecule has 7 nitrogen and oxygen atoms in total. The highest BCUT2D eigenvalue weighted by Crippen LogP contribution is 2.31. The number of benzene rings is 2. The molecule has 0 aliphatic carbocycles. The Morgan fingerprint density at radius 2 is 1.91 bits per heavy atom. The number of nitrogens with one attached hydrogen (secondary N) is 1. The zero-order valence-electron chi connectivity index (χ0n) is 19.1. The summed E-state index contributed by atoms with van der Waals surface area (Å²) in [6.45, 7) is 6.11. The van der Waals surface area contributed by atoms with Gasteiger partial charge in [0, 0.05) is 45.0 Å². The summed E-state index contributed by atoms with van der Waals surface area (Å²) in [5.41, 5.74) is 4.55. The van der Waals surface area contributed by atoms with E-state index in [9.17, 15) is 8.42 Å². The molecule has 4 rings (SSSR count). The van der Waals surface area contributed by atoms with Gasteiger partial charge in [0.05, 0.1) is 25.2 Å². The first kappa shape index (κ1) is 23.0. The fraction of sp³-hybridized carbons (Fsp3) is 0.500. The number of nitrogens with zero attached hydrogens (tertiary/aromatic N) is 2. The molecule has 32 heavy (non-hydrogen) atoms. The number of sulfonamides is 1. The maximum Gasteiger partial charge on any atom is 0.240 e. The van der Waals surface area contributed by atoms with Gasteiger partial charge in [-0.25, -0.2) is 13.1 Å². The van der Waals surface area contributed by atoms with E-state index in [1.165, 1.54) is 11.3 Å². The molecule has 2 aromatic carbocycles. The Bertz CT molecular complexity index is 1050. The van der Waals surface area contributed by atoms with Crippen molar-refractivity contribution in [1.82, 2.24) is 9.62 Å². The number of methoxy groups -OCH3 is 1. The minimum Gasteiger partial charge on any atom is -0.496 e. The molecule has 2 aromatic rings. The lowest BCUT2D eigenvalue weighted by molar-refractivity contribution is 0.0172. The highest BCUT2D eigenvalue weighted by atomic mass is 32.2. The van der Waals surface area contributed by atoms with Crippen molar-refractivity contribution >= 4 is 15.7 Å². The van der Waals surface area contributed by atoms with Crippen LogP contribution in [0.25, 0.3) is 0 Å². The number of hydrogen-bond donors (Lipinski definition) is 1. The molecular formula is C24H33N3O4S. The second kappa shape index (κ2) is 9.79. The minimum absolute atomic E-state index is 0.0504. The molecule has 0 radical (unpaired) electrons. The summed E-state index contributed by atoms with van der Waals surface area (Å²) in [4.78, 5) is 4.87. The third kappa shape index (κ3) is 4.93. The number of hydrogen-bond acceptors (Lipinski definition) is 6. The SMILES string of the molecule is COc1ccc(S(=O)(=O)NC[C@H](c2ccc3c(c2)CCCN3C)N2CCOCC2)cc1C. The summed E-state index contributed by atoms with van der Waals surface area (Å²) in [5, 5.41) is 0. The van der Waals surface area contributed by atoms with Crippen molar-refractivity contribution < 1.29 is 17.9 Å². The standard InChI is InChI=1S/C24H33N3O4S/c1-18-15-21(7-9-24(18)30-3)32(28,29)25-17-23(27-11-13-31-14-12-27)20-6-8-22-19(16-20)5-4-10-26(22)2/h6-9,15-16,23,25H,4-5,10-14,17H2,1-3H3/t23-/m1/s1. The fourth-order valence-corrected chi connectivity index (χ4v) is 5.77. The predicted octanol–water partition coefficient (Wildman–Crippen LogP) is 2.74. The molecule has 2 aliphatic rings. The first-order chi connectivity index (χ1) is 15.4. The molecule has 0 unspecified atom stereocenters. The zero-order valence-corrected chi connectivity index (χ0v) is 20.0. The van der Waals surface area contributed by atoms with Gasteiger partial charge < -0.3 is 14.4 Å². The van der Waals surface area contributed by atoms with Crippen molar-refractivity contribution in [2.45, 2.75) is 30.7 Å². The van der Waals surface area contributed by atoms with E-state index in [1.807, 2.05) is 6.92 Å². The zero-order chi connectivity index (χ0) is 22.7. The maximum absolute atomic E-state index is 13.1. The summed E-state index contributed by atoms with van der Waals surface area (Å²) in [6, 6.07) is 11.5. The van der Waals surface area contributed by atoms with Crippen molar-refractivity contribution in [2.24, 2.45) is 0 Å². The fourth-order valence-electron chi connectivity index (χ4n) is 4.65. The lowest BCUT2D eigenvalue weighted by Gasteiger charge is -2.36. The van der Waals surface area contributed by atoms with Crippen LogP contribution in [0.15, 0.2) is 41.3 Å². The van der Waals surface area contributed by atoms with Crippen molar-refractivity contribution in [3.63, 3.8) is 0 Å². The van der Waals surface area contributed by atoms with Crippen LogP contribution in [0.3, 0.4) is 0 Å². The van der Waals surface area contributed by atoms with Gasteiger partial charge in [0.2, 0.25) is 10.0 Å². The molecule has 0 amide bonds. The number of rotatable bonds is 7. The van der Waals surface area contributed by atoms with E-state index in [-0.39, 0.29) is 10.9 Å². The molecule has 0 aromatic heterocycles. The molecular weight excluding hydrogens is 426 g/mol. The highest BCUT2D eigenvalue weighted by molar-refractivity contribution is 7.89. The Hall–Kier alpha value is -2.13. The van der Waals surface area contributed by atoms with Crippen molar-refractivity contribution in [2.75, 3.05) is 58.5 Å². The van der Waals surface area contributed by atoms with E-state index < -0.39 is 10.0 Å². The number of morpholine rings is 1. The summed E-state index contributed by atoms with van der Waals surface area (Å²) in [7, 11) is 0.0612. The maximum atomic E-state index is 13.1. The molecule has 1 N–H and O–H groups in total. The van der Waals surface area contributed by atoms with Crippen LogP contribution in [0.4, 0.5) is 5.69 Å². The Morgan fingerprint density at radius 1 is 1.12 bits per heavy atom. The third-order valence-corrected chi connectivity index (χ3v) is 7.89. The Labute approximate surface area is 191 Å². The van der Waals surface area contributed by atoms with Crippen LogP contribution in [0.5, 0.6) is 5.75 Å². The molecule has 0 bridgehead atoms. The van der Waals surface area contributed by atoms with Crippen molar-refractivity contribution in [3.8, 4) is 5.75 Å². The van der Waals surface area contributed by atoms with Crippen LogP contribution in [0.2, 0.25) is 0 Å². The van der Waals surface area contributed by atoms with E-state index in [0.29, 0.717) is 25.5 Å². The first-order valence-corrected chi connectivity index (χ1v) is 12.7. The molecule has 1 saturated heterocycles. The van der Waals surface area contributed by atoms with Crippen molar-refractivity contribution in [3.05, 3.63) is 53.1 Å². The topological polar surface area (TPSA) is 71.1 Å². The second-order valence-corrected chi connectivity index (χ2v) is 10.3. The van der Waals surface area contributed by atoms with E-state index in [1.54, 1.807) is 25.3 Å². The number of anilines is 1. The average molecular weight is 460 g/mol. The lowest BCUT2D eigenvalue weighted by Crippen LogP contribution is -2.43. The van der Waals surface area contributed by atoms with Gasteiger partial charge >= 0.3 is 0 Å². The molecule has 1 atom stereocenters. The van der Waals surface area contributed by atoms with Gasteiger partial charge in [-0.2, -0.15) is 0 Å². The predicted molar refractivity (Wildman–Crippen MR) is 126 cm³/mol. The Balaban J connectivity index is 1.58. The quantitative estimate of drug-likeness (QED) is 0.687. The number of ether oxygens (including phenoxy) is 2. The van der Waals surface area contributed by atoms with E-state index in [4.69, 9.17) is 9.47 Å². The summed E-state index contributed by atoms with van der Waals surface area (Å²) in [5.74, 6) is 0.675. The molecule has 0 spiro atoms. The second-order valence-electron chi connectivity index (χ2n) is 8.56.